The minimum atomic E-state index is -1.36. The van der Waals surface area contributed by atoms with Crippen LogP contribution < -0.4 is 30.2 Å². The number of anilines is 1. The Labute approximate surface area is 428 Å². The molecule has 1 unspecified atom stereocenters. The third-order valence-electron chi connectivity index (χ3n) is 15.5. The summed E-state index contributed by atoms with van der Waals surface area (Å²) in [7, 11) is 1.59. The van der Waals surface area contributed by atoms with Crippen LogP contribution in [0, 0.1) is 25.2 Å². The lowest BCUT2D eigenvalue weighted by molar-refractivity contribution is -0.128. The Kier molecular flexibility index (Phi) is 15.0. The van der Waals surface area contributed by atoms with E-state index in [0.29, 0.717) is 66.5 Å². The topological polar surface area (TPSA) is 190 Å². The van der Waals surface area contributed by atoms with Crippen LogP contribution in [-0.4, -0.2) is 102 Å². The molecule has 4 aromatic rings. The smallest absolute Gasteiger partial charge is 0.416 e. The fraction of sp³-hybridized carbons (Fsp3) is 0.466. The van der Waals surface area contributed by atoms with Crippen molar-refractivity contribution in [1.29, 1.82) is 0 Å². The molecule has 15 nitrogen and oxygen atoms in total. The summed E-state index contributed by atoms with van der Waals surface area (Å²) in [6.07, 6.45) is 7.11. The maximum absolute atomic E-state index is 14.3. The first-order chi connectivity index (χ1) is 35.0. The van der Waals surface area contributed by atoms with E-state index in [2.05, 4.69) is 36.5 Å². The molecule has 4 amide bonds. The van der Waals surface area contributed by atoms with Gasteiger partial charge in [0.2, 0.25) is 5.91 Å². The van der Waals surface area contributed by atoms with Crippen molar-refractivity contribution in [2.75, 3.05) is 31.8 Å². The highest BCUT2D eigenvalue weighted by Crippen LogP contribution is 2.57. The van der Waals surface area contributed by atoms with Gasteiger partial charge in [-0.25, -0.2) is 9.69 Å². The molecule has 386 valence electrons. The number of hydrogen-bond acceptors (Lipinski definition) is 11. The van der Waals surface area contributed by atoms with Crippen LogP contribution in [0.25, 0.3) is 5.57 Å². The number of amides is 4. The Morgan fingerprint density at radius 1 is 0.849 bits per heavy atom. The van der Waals surface area contributed by atoms with Gasteiger partial charge >= 0.3 is 6.09 Å². The van der Waals surface area contributed by atoms with Crippen molar-refractivity contribution in [2.24, 2.45) is 17.1 Å². The van der Waals surface area contributed by atoms with E-state index in [-0.39, 0.29) is 59.6 Å². The molecule has 4 aliphatic heterocycles. The predicted molar refractivity (Wildman–Crippen MR) is 276 cm³/mol. The number of benzene rings is 4. The molecule has 4 aromatic carbocycles. The fourth-order valence-electron chi connectivity index (χ4n) is 10.6. The summed E-state index contributed by atoms with van der Waals surface area (Å²) in [4.78, 5) is 72.5. The molecule has 0 bridgehead atoms. The van der Waals surface area contributed by atoms with Gasteiger partial charge in [0.25, 0.3) is 11.8 Å². The lowest BCUT2D eigenvalue weighted by Crippen LogP contribution is -2.50. The monoisotopic (exact) mass is 996 g/mol. The van der Waals surface area contributed by atoms with E-state index in [1.165, 1.54) is 16.0 Å². The van der Waals surface area contributed by atoms with Crippen molar-refractivity contribution in [3.63, 3.8) is 0 Å². The largest absolute Gasteiger partial charge is 0.493 e. The van der Waals surface area contributed by atoms with Crippen LogP contribution >= 0.6 is 0 Å². The molecule has 0 radical (unpaired) electrons. The summed E-state index contributed by atoms with van der Waals surface area (Å²) >= 11 is 0. The number of ketones is 1. The number of aliphatic hydroxyl groups is 1. The number of nitrogens with one attached hydrogen (secondary N) is 1. The number of fused-ring (bicyclic) bond motifs is 4. The predicted octanol–water partition coefficient (Wildman–Crippen LogP) is 8.21. The number of methoxy groups -OCH3 is 1. The Balaban J connectivity index is 0.804. The molecule has 1 aliphatic carbocycles. The Morgan fingerprint density at radius 2 is 1.55 bits per heavy atom. The standard InChI is InChI=1S/C58H69N5O10/c1-34(2)52(59)53(65)60-37(5)48(64)25-38-12-14-39(15-13-38)32-73-57(69)63-46-29-49(36(4)24-45(46)55(67)62-33-58(20-21-58)30-47(62)56(63)68)71-22-8-7-9-23-72-51-27-41-18-19-43-26-42(40-16-10-35(3)11-17-40)31-61(43)54(66)44(41)28-50(51)70-6/h10-17,24,27-29,31,34,37,43,47,52,56,68H,7-9,18-23,25-26,30,32-33,59H2,1-6H3,(H,60,65)/t37-,43+,47-,52-,56?/m0/s1. The summed E-state index contributed by atoms with van der Waals surface area (Å²) in [6, 6.07) is 20.8. The molecule has 5 aliphatic rings. The maximum atomic E-state index is 14.3. The highest BCUT2D eigenvalue weighted by Gasteiger charge is 2.58. The minimum absolute atomic E-state index is 0.0220. The second-order valence-electron chi connectivity index (χ2n) is 21.2. The van der Waals surface area contributed by atoms with Crippen LogP contribution in [-0.2, 0) is 33.8 Å². The van der Waals surface area contributed by atoms with E-state index in [0.717, 1.165) is 67.2 Å². The first kappa shape index (κ1) is 51.2. The van der Waals surface area contributed by atoms with Gasteiger partial charge in [0.1, 0.15) is 12.4 Å². The molecule has 15 heteroatoms. The number of hydrogen-bond donors (Lipinski definition) is 3. The molecule has 4 heterocycles. The van der Waals surface area contributed by atoms with E-state index in [4.69, 9.17) is 24.7 Å². The van der Waals surface area contributed by atoms with Gasteiger partial charge in [0.15, 0.2) is 23.5 Å². The quantitative estimate of drug-likeness (QED) is 0.0815. The van der Waals surface area contributed by atoms with Crippen molar-refractivity contribution in [3.8, 4) is 17.2 Å². The molecule has 5 atom stereocenters. The Morgan fingerprint density at radius 3 is 2.23 bits per heavy atom. The molecule has 73 heavy (non-hydrogen) atoms. The molecule has 2 fully saturated rings. The van der Waals surface area contributed by atoms with E-state index in [1.807, 2.05) is 44.0 Å². The number of ether oxygens (including phenoxy) is 4. The van der Waals surface area contributed by atoms with Gasteiger partial charge in [0.05, 0.1) is 49.7 Å². The first-order valence-electron chi connectivity index (χ1n) is 25.9. The molecule has 4 N–H and O–H groups in total. The number of aliphatic hydroxyl groups excluding tert-OH is 1. The molecule has 9 rings (SSSR count). The van der Waals surface area contributed by atoms with Crippen LogP contribution in [0.3, 0.4) is 0 Å². The van der Waals surface area contributed by atoms with Crippen LogP contribution in [0.15, 0.2) is 79.0 Å². The minimum Gasteiger partial charge on any atom is -0.493 e. The van der Waals surface area contributed by atoms with Gasteiger partial charge < -0.3 is 44.9 Å². The summed E-state index contributed by atoms with van der Waals surface area (Å²) in [5, 5.41) is 14.7. The number of carbonyl (C=O) groups excluding carboxylic acids is 5. The average Bonchev–Trinajstić information content (AvgIpc) is 3.89. The summed E-state index contributed by atoms with van der Waals surface area (Å²) < 4.78 is 24.2. The van der Waals surface area contributed by atoms with Crippen LogP contribution in [0.4, 0.5) is 10.5 Å². The van der Waals surface area contributed by atoms with Crippen molar-refractivity contribution in [2.45, 2.75) is 136 Å². The molecule has 1 saturated carbocycles. The normalized spacial score (nSPS) is 20.3. The Hall–Kier alpha value is -6.71. The van der Waals surface area contributed by atoms with E-state index < -0.39 is 30.4 Å². The van der Waals surface area contributed by atoms with Crippen molar-refractivity contribution >= 4 is 40.9 Å². The molecule has 0 aromatic heterocycles. The zero-order valence-electron chi connectivity index (χ0n) is 42.9. The van der Waals surface area contributed by atoms with Crippen LogP contribution in [0.2, 0.25) is 0 Å². The third-order valence-corrected chi connectivity index (χ3v) is 15.5. The number of Topliss-reactive ketones (excluding diaryl/α,β-unsaturated/α-hetero) is 1. The summed E-state index contributed by atoms with van der Waals surface area (Å²) in [6.45, 7) is 10.5. The SMILES string of the molecule is COc1cc2c(cc1OCCCCCOc1cc3c(cc1C)C(=O)N1CC4(CC4)C[C@H]1C(O)N3C(=O)OCc1ccc(CC(=O)[C@H](C)NC(=O)[C@@H](N)C(C)C)cc1)CC[C@@H]1CC(c3ccc(C)cc3)=CN1C2=O. The van der Waals surface area contributed by atoms with Gasteiger partial charge in [-0.05, 0) is 141 Å². The van der Waals surface area contributed by atoms with Crippen molar-refractivity contribution in [1.82, 2.24) is 15.1 Å². The van der Waals surface area contributed by atoms with Gasteiger partial charge in [-0.3, -0.25) is 19.2 Å². The van der Waals surface area contributed by atoms with E-state index >= 15 is 0 Å². The van der Waals surface area contributed by atoms with E-state index in [9.17, 15) is 29.1 Å². The lowest BCUT2D eigenvalue weighted by atomic mass is 9.97. The van der Waals surface area contributed by atoms with Gasteiger partial charge in [-0.2, -0.15) is 0 Å². The van der Waals surface area contributed by atoms with E-state index in [1.54, 1.807) is 55.3 Å². The number of rotatable bonds is 18. The Bertz CT molecular complexity index is 2790. The fourth-order valence-corrected chi connectivity index (χ4v) is 10.6. The number of unbranched alkanes of at least 4 members (excludes halogenated alkanes) is 2. The molecule has 1 saturated heterocycles. The van der Waals surface area contributed by atoms with Crippen LogP contribution in [0.5, 0.6) is 17.2 Å². The molecule has 1 spiro atoms. The summed E-state index contributed by atoms with van der Waals surface area (Å²) in [5.41, 5.74) is 13.7. The molecular weight excluding hydrogens is 927 g/mol. The van der Waals surface area contributed by atoms with Crippen molar-refractivity contribution in [3.05, 3.63) is 124 Å². The highest BCUT2D eigenvalue weighted by molar-refractivity contribution is 6.06. The third kappa shape index (κ3) is 11.0. The van der Waals surface area contributed by atoms with Crippen LogP contribution in [0.1, 0.15) is 126 Å². The number of carbonyl (C=O) groups is 5. The van der Waals surface area contributed by atoms with Gasteiger partial charge in [-0.15, -0.1) is 0 Å². The summed E-state index contributed by atoms with van der Waals surface area (Å²) in [5.74, 6) is 0.749. The zero-order valence-corrected chi connectivity index (χ0v) is 42.9. The van der Waals surface area contributed by atoms with Gasteiger partial charge in [-0.1, -0.05) is 67.9 Å². The van der Waals surface area contributed by atoms with Gasteiger partial charge in [0, 0.05) is 36.8 Å². The lowest BCUT2D eigenvalue weighted by Gasteiger charge is -2.31. The maximum Gasteiger partial charge on any atom is 0.416 e. The number of nitrogens with zero attached hydrogens (tertiary/aromatic N) is 3. The average molecular weight is 996 g/mol. The first-order valence-corrected chi connectivity index (χ1v) is 25.9. The zero-order chi connectivity index (χ0) is 51.7. The number of aryl methyl sites for hydroxylation is 3. The van der Waals surface area contributed by atoms with Crippen molar-refractivity contribution < 1.29 is 48.0 Å². The molecular formula is C58H69N5O10. The second-order valence-corrected chi connectivity index (χ2v) is 21.2. The second kappa shape index (κ2) is 21.4. The number of nitrogens with two attached hydrogens (primary N) is 1. The highest BCUT2D eigenvalue weighted by atomic mass is 16.6.